The first-order valence-corrected chi connectivity index (χ1v) is 9.48. The van der Waals surface area contributed by atoms with Gasteiger partial charge in [-0.15, -0.1) is 0 Å². The van der Waals surface area contributed by atoms with Gasteiger partial charge in [-0.3, -0.25) is 9.59 Å². The van der Waals surface area contributed by atoms with Crippen LogP contribution in [0.2, 0.25) is 0 Å². The minimum absolute atomic E-state index is 0.102. The van der Waals surface area contributed by atoms with Crippen molar-refractivity contribution < 1.29 is 23.1 Å². The van der Waals surface area contributed by atoms with E-state index < -0.39 is 21.7 Å². The molecule has 23 heavy (non-hydrogen) atoms. The summed E-state index contributed by atoms with van der Waals surface area (Å²) in [6, 6.07) is 4.56. The Morgan fingerprint density at radius 3 is 2.61 bits per heavy atom. The zero-order chi connectivity index (χ0) is 17.2. The van der Waals surface area contributed by atoms with Crippen molar-refractivity contribution in [2.24, 2.45) is 5.92 Å². The summed E-state index contributed by atoms with van der Waals surface area (Å²) in [5.41, 5.74) is 1.11. The van der Waals surface area contributed by atoms with Gasteiger partial charge in [-0.25, -0.2) is 8.42 Å². The number of aliphatic carboxylic acids is 1. The summed E-state index contributed by atoms with van der Waals surface area (Å²) in [5.74, 6) is -1.75. The lowest BCUT2D eigenvalue weighted by Crippen LogP contribution is -2.42. The molecule has 0 aliphatic carbocycles. The number of piperidine rings is 1. The Hall–Kier alpha value is -1.89. The van der Waals surface area contributed by atoms with Gasteiger partial charge in [0.25, 0.3) is 5.91 Å². The molecule has 0 unspecified atom stereocenters. The maximum absolute atomic E-state index is 12.8. The SMILES string of the molecule is CCc1ccc(S(C)(=O)=O)cc1C(=O)N1CCC[C@H](C(=O)O)C1. The van der Waals surface area contributed by atoms with Gasteiger partial charge in [0.15, 0.2) is 9.84 Å². The van der Waals surface area contributed by atoms with Crippen molar-refractivity contribution in [3.05, 3.63) is 29.3 Å². The standard InChI is InChI=1S/C16H21NO5S/c1-3-11-6-7-13(23(2,21)22)9-14(11)15(18)17-8-4-5-12(10-17)16(19)20/h6-7,9,12H,3-5,8,10H2,1-2H3,(H,19,20)/t12-/m0/s1. The Kier molecular flexibility index (Phi) is 5.09. The predicted molar refractivity (Wildman–Crippen MR) is 85.2 cm³/mol. The van der Waals surface area contributed by atoms with Crippen LogP contribution in [0.25, 0.3) is 0 Å². The lowest BCUT2D eigenvalue weighted by molar-refractivity contribution is -0.143. The van der Waals surface area contributed by atoms with Crippen molar-refractivity contribution in [2.75, 3.05) is 19.3 Å². The number of likely N-dealkylation sites (tertiary alicyclic amines) is 1. The summed E-state index contributed by atoms with van der Waals surface area (Å²) in [6.45, 7) is 2.55. The molecule has 1 aliphatic rings. The lowest BCUT2D eigenvalue weighted by Gasteiger charge is -2.31. The Labute approximate surface area is 136 Å². The van der Waals surface area contributed by atoms with E-state index in [1.807, 2.05) is 6.92 Å². The second kappa shape index (κ2) is 6.70. The van der Waals surface area contributed by atoms with Gasteiger partial charge in [-0.2, -0.15) is 0 Å². The molecule has 1 N–H and O–H groups in total. The molecule has 6 nitrogen and oxygen atoms in total. The van der Waals surface area contributed by atoms with E-state index in [2.05, 4.69) is 0 Å². The lowest BCUT2D eigenvalue weighted by atomic mass is 9.96. The van der Waals surface area contributed by atoms with Gasteiger partial charge in [0.2, 0.25) is 0 Å². The van der Waals surface area contributed by atoms with Crippen LogP contribution in [-0.2, 0) is 21.1 Å². The molecule has 1 aromatic carbocycles. The maximum atomic E-state index is 12.8. The molecule has 7 heteroatoms. The molecular weight excluding hydrogens is 318 g/mol. The highest BCUT2D eigenvalue weighted by Crippen LogP contribution is 2.23. The van der Waals surface area contributed by atoms with Crippen molar-refractivity contribution >= 4 is 21.7 Å². The molecule has 1 amide bonds. The number of benzene rings is 1. The molecule has 0 spiro atoms. The third-order valence-electron chi connectivity index (χ3n) is 4.18. The number of rotatable bonds is 4. The molecular formula is C16H21NO5S. The van der Waals surface area contributed by atoms with Crippen LogP contribution in [-0.4, -0.2) is 49.6 Å². The smallest absolute Gasteiger partial charge is 0.308 e. The van der Waals surface area contributed by atoms with Crippen molar-refractivity contribution in [3.63, 3.8) is 0 Å². The quantitative estimate of drug-likeness (QED) is 0.899. The molecule has 1 fully saturated rings. The maximum Gasteiger partial charge on any atom is 0.308 e. The second-order valence-corrected chi connectivity index (χ2v) is 7.89. The van der Waals surface area contributed by atoms with Gasteiger partial charge < -0.3 is 10.0 Å². The number of carboxylic acid groups (broad SMARTS) is 1. The Bertz CT molecular complexity index is 726. The van der Waals surface area contributed by atoms with Crippen LogP contribution in [0, 0.1) is 5.92 Å². The first-order chi connectivity index (χ1) is 10.7. The summed E-state index contributed by atoms with van der Waals surface area (Å²) in [4.78, 5) is 25.5. The molecule has 1 heterocycles. The average Bonchev–Trinajstić information content (AvgIpc) is 2.52. The van der Waals surface area contributed by atoms with Gasteiger partial charge in [0.05, 0.1) is 10.8 Å². The van der Waals surface area contributed by atoms with E-state index in [1.165, 1.54) is 17.0 Å². The first-order valence-electron chi connectivity index (χ1n) is 7.59. The third kappa shape index (κ3) is 3.90. The number of nitrogens with zero attached hydrogens (tertiary/aromatic N) is 1. The molecule has 126 valence electrons. The number of hydrogen-bond acceptors (Lipinski definition) is 4. The predicted octanol–water partition coefficient (Wildman–Crippen LogP) is 1.59. The Morgan fingerprint density at radius 1 is 1.35 bits per heavy atom. The van der Waals surface area contributed by atoms with E-state index in [4.69, 9.17) is 5.11 Å². The van der Waals surface area contributed by atoms with Gasteiger partial charge in [0.1, 0.15) is 0 Å². The van der Waals surface area contributed by atoms with Gasteiger partial charge in [-0.1, -0.05) is 13.0 Å². The average molecular weight is 339 g/mol. The van der Waals surface area contributed by atoms with Crippen LogP contribution in [0.15, 0.2) is 23.1 Å². The normalized spacial score (nSPS) is 18.7. The van der Waals surface area contributed by atoms with Crippen molar-refractivity contribution in [3.8, 4) is 0 Å². The van der Waals surface area contributed by atoms with E-state index >= 15 is 0 Å². The fourth-order valence-corrected chi connectivity index (χ4v) is 3.47. The number of carbonyl (C=O) groups excluding carboxylic acids is 1. The highest BCUT2D eigenvalue weighted by atomic mass is 32.2. The van der Waals surface area contributed by atoms with Crippen molar-refractivity contribution in [1.82, 2.24) is 4.90 Å². The number of carbonyl (C=O) groups is 2. The largest absolute Gasteiger partial charge is 0.481 e. The van der Waals surface area contributed by atoms with Crippen LogP contribution in [0.1, 0.15) is 35.7 Å². The monoisotopic (exact) mass is 339 g/mol. The second-order valence-electron chi connectivity index (χ2n) is 5.87. The number of amides is 1. The number of carboxylic acids is 1. The van der Waals surface area contributed by atoms with Crippen LogP contribution in [0.5, 0.6) is 0 Å². The Morgan fingerprint density at radius 2 is 2.04 bits per heavy atom. The zero-order valence-electron chi connectivity index (χ0n) is 13.3. The summed E-state index contributed by atoms with van der Waals surface area (Å²) < 4.78 is 23.4. The molecule has 1 aliphatic heterocycles. The fourth-order valence-electron chi connectivity index (χ4n) is 2.83. The van der Waals surface area contributed by atoms with E-state index in [0.29, 0.717) is 31.4 Å². The molecule has 0 aromatic heterocycles. The summed E-state index contributed by atoms with van der Waals surface area (Å²) in [5, 5.41) is 9.14. The highest BCUT2D eigenvalue weighted by Gasteiger charge is 2.29. The third-order valence-corrected chi connectivity index (χ3v) is 5.29. The van der Waals surface area contributed by atoms with E-state index in [0.717, 1.165) is 11.8 Å². The minimum Gasteiger partial charge on any atom is -0.481 e. The zero-order valence-corrected chi connectivity index (χ0v) is 14.1. The molecule has 1 atom stereocenters. The van der Waals surface area contributed by atoms with E-state index in [-0.39, 0.29) is 17.3 Å². The minimum atomic E-state index is -3.40. The molecule has 1 saturated heterocycles. The highest BCUT2D eigenvalue weighted by molar-refractivity contribution is 7.90. The summed E-state index contributed by atoms with van der Waals surface area (Å²) in [6.07, 6.45) is 2.89. The number of hydrogen-bond donors (Lipinski definition) is 1. The van der Waals surface area contributed by atoms with Gasteiger partial charge in [-0.05, 0) is 37.0 Å². The first kappa shape index (κ1) is 17.5. The van der Waals surface area contributed by atoms with Crippen molar-refractivity contribution in [1.29, 1.82) is 0 Å². The van der Waals surface area contributed by atoms with Crippen LogP contribution >= 0.6 is 0 Å². The molecule has 0 saturated carbocycles. The van der Waals surface area contributed by atoms with Gasteiger partial charge in [0, 0.05) is 24.9 Å². The van der Waals surface area contributed by atoms with E-state index in [1.54, 1.807) is 6.07 Å². The summed E-state index contributed by atoms with van der Waals surface area (Å²) >= 11 is 0. The topological polar surface area (TPSA) is 91.8 Å². The van der Waals surface area contributed by atoms with Crippen molar-refractivity contribution in [2.45, 2.75) is 31.1 Å². The molecule has 2 rings (SSSR count). The Balaban J connectivity index is 2.36. The van der Waals surface area contributed by atoms with Gasteiger partial charge >= 0.3 is 5.97 Å². The van der Waals surface area contributed by atoms with E-state index in [9.17, 15) is 18.0 Å². The molecule has 0 bridgehead atoms. The van der Waals surface area contributed by atoms with Crippen LogP contribution in [0.3, 0.4) is 0 Å². The van der Waals surface area contributed by atoms with Crippen LogP contribution in [0.4, 0.5) is 0 Å². The summed E-state index contributed by atoms with van der Waals surface area (Å²) in [7, 11) is -3.40. The number of sulfone groups is 1. The number of aryl methyl sites for hydroxylation is 1. The fraction of sp³-hybridized carbons (Fsp3) is 0.500. The molecule has 1 aromatic rings. The van der Waals surface area contributed by atoms with Crippen LogP contribution < -0.4 is 0 Å². The molecule has 0 radical (unpaired) electrons.